The molecule has 0 heterocycles. The van der Waals surface area contributed by atoms with E-state index in [1.165, 1.54) is 11.1 Å². The van der Waals surface area contributed by atoms with Gasteiger partial charge in [-0.1, -0.05) is 35.9 Å². The predicted octanol–water partition coefficient (Wildman–Crippen LogP) is 3.84. The van der Waals surface area contributed by atoms with Crippen molar-refractivity contribution in [3.8, 4) is 0 Å². The Labute approximate surface area is 86.2 Å². The molecule has 0 atom stereocenters. The largest absolute Gasteiger partial charge is 0.258 e. The van der Waals surface area contributed by atoms with Crippen molar-refractivity contribution < 1.29 is 0 Å². The van der Waals surface area contributed by atoms with Crippen LogP contribution in [0.5, 0.6) is 0 Å². The number of allylic oxidation sites excluding steroid dienone is 1. The Morgan fingerprint density at radius 3 is 2.14 bits per heavy atom. The standard InChI is InChI=1S/C13H17N/c1-5-13(14-10(2)3)12-8-6-11(4)7-9-12/h5-9H,1-4H3/b13-5-. The van der Waals surface area contributed by atoms with Gasteiger partial charge in [0, 0.05) is 5.71 Å². The molecule has 1 aromatic carbocycles. The maximum Gasteiger partial charge on any atom is 0.0658 e. The summed E-state index contributed by atoms with van der Waals surface area (Å²) in [4.78, 5) is 4.47. The molecule has 0 aromatic heterocycles. The Bertz CT molecular complexity index is 351. The van der Waals surface area contributed by atoms with Crippen molar-refractivity contribution in [1.29, 1.82) is 0 Å². The van der Waals surface area contributed by atoms with Gasteiger partial charge in [0.05, 0.1) is 5.70 Å². The molecule has 0 amide bonds. The molecule has 14 heavy (non-hydrogen) atoms. The molecule has 0 aliphatic heterocycles. The summed E-state index contributed by atoms with van der Waals surface area (Å²) in [6.45, 7) is 8.13. The van der Waals surface area contributed by atoms with Crippen LogP contribution in [0.15, 0.2) is 35.3 Å². The highest BCUT2D eigenvalue weighted by Crippen LogP contribution is 2.16. The molecular weight excluding hydrogens is 170 g/mol. The van der Waals surface area contributed by atoms with E-state index in [0.717, 1.165) is 11.4 Å². The first kappa shape index (κ1) is 10.7. The molecule has 0 bridgehead atoms. The Morgan fingerprint density at radius 1 is 1.14 bits per heavy atom. The fourth-order valence-electron chi connectivity index (χ4n) is 1.26. The molecule has 0 spiro atoms. The van der Waals surface area contributed by atoms with Crippen LogP contribution in [-0.4, -0.2) is 5.71 Å². The van der Waals surface area contributed by atoms with Gasteiger partial charge in [0.2, 0.25) is 0 Å². The molecule has 0 aliphatic carbocycles. The van der Waals surface area contributed by atoms with Crippen molar-refractivity contribution in [2.75, 3.05) is 0 Å². The molecule has 0 fully saturated rings. The molecule has 1 aromatic rings. The third kappa shape index (κ3) is 2.84. The van der Waals surface area contributed by atoms with Crippen LogP contribution in [0.3, 0.4) is 0 Å². The van der Waals surface area contributed by atoms with Gasteiger partial charge in [0.25, 0.3) is 0 Å². The highest BCUT2D eigenvalue weighted by molar-refractivity contribution is 5.85. The summed E-state index contributed by atoms with van der Waals surface area (Å²) in [6, 6.07) is 8.44. The van der Waals surface area contributed by atoms with Crippen molar-refractivity contribution in [1.82, 2.24) is 0 Å². The minimum Gasteiger partial charge on any atom is -0.258 e. The van der Waals surface area contributed by atoms with Gasteiger partial charge in [-0.25, -0.2) is 0 Å². The smallest absolute Gasteiger partial charge is 0.0658 e. The summed E-state index contributed by atoms with van der Waals surface area (Å²) in [7, 11) is 0. The Hall–Kier alpha value is -1.37. The molecule has 1 heteroatoms. The third-order valence-corrected chi connectivity index (χ3v) is 1.96. The number of aryl methyl sites for hydroxylation is 1. The Kier molecular flexibility index (Phi) is 3.63. The second-order valence-corrected chi connectivity index (χ2v) is 3.60. The first-order valence-corrected chi connectivity index (χ1v) is 4.88. The summed E-state index contributed by atoms with van der Waals surface area (Å²) in [5.41, 5.74) is 4.59. The Morgan fingerprint density at radius 2 is 1.71 bits per heavy atom. The molecule has 0 saturated heterocycles. The van der Waals surface area contributed by atoms with E-state index in [-0.39, 0.29) is 0 Å². The number of aliphatic imine (C=N–C) groups is 1. The average Bonchev–Trinajstić information content (AvgIpc) is 2.15. The lowest BCUT2D eigenvalue weighted by Crippen LogP contribution is -1.86. The molecule has 0 saturated carbocycles. The van der Waals surface area contributed by atoms with Crippen LogP contribution >= 0.6 is 0 Å². The van der Waals surface area contributed by atoms with Crippen LogP contribution in [0.4, 0.5) is 0 Å². The van der Waals surface area contributed by atoms with Gasteiger partial charge < -0.3 is 0 Å². The summed E-state index contributed by atoms with van der Waals surface area (Å²) >= 11 is 0. The van der Waals surface area contributed by atoms with E-state index in [4.69, 9.17) is 0 Å². The maximum atomic E-state index is 4.47. The quantitative estimate of drug-likeness (QED) is 0.624. The first-order valence-electron chi connectivity index (χ1n) is 4.88. The van der Waals surface area contributed by atoms with Gasteiger partial charge in [0.15, 0.2) is 0 Å². The van der Waals surface area contributed by atoms with Crippen LogP contribution in [-0.2, 0) is 0 Å². The first-order chi connectivity index (χ1) is 6.63. The van der Waals surface area contributed by atoms with E-state index in [2.05, 4.69) is 36.2 Å². The van der Waals surface area contributed by atoms with E-state index in [1.807, 2.05) is 26.8 Å². The van der Waals surface area contributed by atoms with E-state index >= 15 is 0 Å². The van der Waals surface area contributed by atoms with Crippen LogP contribution in [0.1, 0.15) is 31.9 Å². The molecular formula is C13H17N. The van der Waals surface area contributed by atoms with Crippen molar-refractivity contribution in [3.05, 3.63) is 41.5 Å². The lowest BCUT2D eigenvalue weighted by atomic mass is 10.1. The van der Waals surface area contributed by atoms with Crippen LogP contribution in [0.25, 0.3) is 5.70 Å². The number of benzene rings is 1. The summed E-state index contributed by atoms with van der Waals surface area (Å²) in [6.07, 6.45) is 2.04. The highest BCUT2D eigenvalue weighted by Gasteiger charge is 1.97. The second-order valence-electron chi connectivity index (χ2n) is 3.60. The van der Waals surface area contributed by atoms with Gasteiger partial charge >= 0.3 is 0 Å². The average molecular weight is 187 g/mol. The summed E-state index contributed by atoms with van der Waals surface area (Å²) in [5, 5.41) is 0. The summed E-state index contributed by atoms with van der Waals surface area (Å²) in [5.74, 6) is 0. The van der Waals surface area contributed by atoms with Crippen molar-refractivity contribution in [2.24, 2.45) is 4.99 Å². The van der Waals surface area contributed by atoms with E-state index in [1.54, 1.807) is 0 Å². The number of nitrogens with zero attached hydrogens (tertiary/aromatic N) is 1. The van der Waals surface area contributed by atoms with E-state index < -0.39 is 0 Å². The molecule has 0 unspecified atom stereocenters. The lowest BCUT2D eigenvalue weighted by Gasteiger charge is -2.02. The highest BCUT2D eigenvalue weighted by atomic mass is 14.7. The van der Waals surface area contributed by atoms with Gasteiger partial charge in [-0.15, -0.1) is 0 Å². The molecule has 1 rings (SSSR count). The van der Waals surface area contributed by atoms with Gasteiger partial charge in [0.1, 0.15) is 0 Å². The molecule has 0 aliphatic rings. The van der Waals surface area contributed by atoms with Crippen LogP contribution < -0.4 is 0 Å². The van der Waals surface area contributed by atoms with Crippen molar-refractivity contribution >= 4 is 11.4 Å². The summed E-state index contributed by atoms with van der Waals surface area (Å²) < 4.78 is 0. The number of hydrogen-bond acceptors (Lipinski definition) is 1. The predicted molar refractivity (Wildman–Crippen MR) is 63.6 cm³/mol. The van der Waals surface area contributed by atoms with Crippen molar-refractivity contribution in [3.63, 3.8) is 0 Å². The fourth-order valence-corrected chi connectivity index (χ4v) is 1.26. The van der Waals surface area contributed by atoms with Crippen LogP contribution in [0, 0.1) is 6.92 Å². The molecule has 0 N–H and O–H groups in total. The SMILES string of the molecule is C/C=C(\N=C(C)C)c1ccc(C)cc1. The van der Waals surface area contributed by atoms with Gasteiger partial charge in [-0.05, 0) is 33.3 Å². The minimum absolute atomic E-state index is 1.05. The zero-order valence-electron chi connectivity index (χ0n) is 9.33. The number of rotatable bonds is 2. The third-order valence-electron chi connectivity index (χ3n) is 1.96. The molecule has 1 nitrogen and oxygen atoms in total. The topological polar surface area (TPSA) is 12.4 Å². The van der Waals surface area contributed by atoms with Crippen molar-refractivity contribution in [2.45, 2.75) is 27.7 Å². The van der Waals surface area contributed by atoms with Crippen LogP contribution in [0.2, 0.25) is 0 Å². The van der Waals surface area contributed by atoms with Gasteiger partial charge in [-0.2, -0.15) is 0 Å². The lowest BCUT2D eigenvalue weighted by molar-refractivity contribution is 1.41. The number of hydrogen-bond donors (Lipinski definition) is 0. The fraction of sp³-hybridized carbons (Fsp3) is 0.308. The Balaban J connectivity index is 3.03. The maximum absolute atomic E-state index is 4.47. The van der Waals surface area contributed by atoms with Gasteiger partial charge in [-0.3, -0.25) is 4.99 Å². The molecule has 0 radical (unpaired) electrons. The zero-order valence-corrected chi connectivity index (χ0v) is 9.33. The monoisotopic (exact) mass is 187 g/mol. The zero-order chi connectivity index (χ0) is 10.6. The van der Waals surface area contributed by atoms with E-state index in [0.29, 0.717) is 0 Å². The molecule has 74 valence electrons. The normalized spacial score (nSPS) is 11.3. The van der Waals surface area contributed by atoms with E-state index in [9.17, 15) is 0 Å². The minimum atomic E-state index is 1.05. The second kappa shape index (κ2) is 4.75.